The molecule has 0 N–H and O–H groups in total. The molecule has 9 rings (SSSR count). The van der Waals surface area contributed by atoms with Gasteiger partial charge in [-0.1, -0.05) is 80.1 Å². The molecular weight excluding hydrogens is 785 g/mol. The summed E-state index contributed by atoms with van der Waals surface area (Å²) in [5.41, 5.74) is 14.2. The second-order valence-corrected chi connectivity index (χ2v) is 14.6. The van der Waals surface area contributed by atoms with Gasteiger partial charge in [0.05, 0.1) is 0 Å². The summed E-state index contributed by atoms with van der Waals surface area (Å²) < 4.78 is 0. The van der Waals surface area contributed by atoms with Crippen molar-refractivity contribution in [3.63, 3.8) is 0 Å². The average molecular weight is 829 g/mol. The van der Waals surface area contributed by atoms with E-state index in [1.54, 1.807) is 11.1 Å². The van der Waals surface area contributed by atoms with Crippen molar-refractivity contribution in [1.29, 1.82) is 0 Å². The van der Waals surface area contributed by atoms with E-state index in [1.165, 1.54) is 72.8 Å². The summed E-state index contributed by atoms with van der Waals surface area (Å²) in [4.78, 5) is 9.05. The minimum absolute atomic E-state index is 0. The number of benzene rings is 4. The van der Waals surface area contributed by atoms with Crippen LogP contribution in [-0.2, 0) is 26.5 Å². The Morgan fingerprint density at radius 1 is 0.680 bits per heavy atom. The van der Waals surface area contributed by atoms with Crippen LogP contribution in [0.25, 0.3) is 44.8 Å². The van der Waals surface area contributed by atoms with Gasteiger partial charge in [0.1, 0.15) is 0 Å². The monoisotopic (exact) mass is 829 g/mol. The van der Waals surface area contributed by atoms with E-state index >= 15 is 0 Å². The van der Waals surface area contributed by atoms with Crippen LogP contribution in [-0.4, -0.2) is 9.97 Å². The maximum absolute atomic E-state index is 4.55. The van der Waals surface area contributed by atoms with Gasteiger partial charge < -0.3 is 9.97 Å². The SMILES string of the molecule is C[C@@]12CCC[C@H]1[C@@H]1CCc3cc(-c4cc[c-]c(-c5ccccn5)c4)ccc3[C@H]1CC2.Cc1cc(-c2[c-]cccc2)ncc1-c1ccccc1.[Ir]. The number of hydrogen-bond acceptors (Lipinski definition) is 2. The van der Waals surface area contributed by atoms with Crippen LogP contribution in [0, 0.1) is 36.3 Å². The van der Waals surface area contributed by atoms with Crippen LogP contribution in [0.4, 0.5) is 0 Å². The second-order valence-electron chi connectivity index (χ2n) is 14.6. The predicted octanol–water partition coefficient (Wildman–Crippen LogP) is 12.0. The summed E-state index contributed by atoms with van der Waals surface area (Å²) in [6, 6.07) is 46.8. The molecule has 0 amide bonds. The number of fused-ring (bicyclic) bond motifs is 5. The quantitative estimate of drug-likeness (QED) is 0.165. The van der Waals surface area contributed by atoms with Crippen molar-refractivity contribution < 1.29 is 20.1 Å². The van der Waals surface area contributed by atoms with E-state index in [2.05, 4.69) is 90.5 Å². The van der Waals surface area contributed by atoms with Crippen molar-refractivity contribution in [2.75, 3.05) is 0 Å². The topological polar surface area (TPSA) is 25.8 Å². The van der Waals surface area contributed by atoms with Crippen LogP contribution < -0.4 is 0 Å². The molecular formula is C47H44IrN2-2. The summed E-state index contributed by atoms with van der Waals surface area (Å²) in [5, 5.41) is 0. The van der Waals surface area contributed by atoms with Crippen molar-refractivity contribution in [2.45, 2.75) is 64.7 Å². The number of rotatable bonds is 4. The molecule has 4 aromatic carbocycles. The first-order valence-electron chi connectivity index (χ1n) is 18.1. The Kier molecular flexibility index (Phi) is 10.3. The normalized spacial score (nSPS) is 21.8. The first-order valence-corrected chi connectivity index (χ1v) is 18.1. The third-order valence-corrected chi connectivity index (χ3v) is 11.8. The molecule has 2 heterocycles. The van der Waals surface area contributed by atoms with Crippen LogP contribution in [0.2, 0.25) is 0 Å². The Morgan fingerprint density at radius 3 is 2.30 bits per heavy atom. The Hall–Kier alpha value is -4.17. The largest absolute Gasteiger partial charge is 0.305 e. The van der Waals surface area contributed by atoms with Crippen LogP contribution in [0.15, 0.2) is 128 Å². The van der Waals surface area contributed by atoms with Crippen molar-refractivity contribution in [2.24, 2.45) is 17.3 Å². The molecule has 4 atom stereocenters. The summed E-state index contributed by atoms with van der Waals surface area (Å²) in [7, 11) is 0. The number of aromatic nitrogens is 2. The van der Waals surface area contributed by atoms with Crippen molar-refractivity contribution in [3.05, 3.63) is 156 Å². The van der Waals surface area contributed by atoms with E-state index in [-0.39, 0.29) is 20.1 Å². The van der Waals surface area contributed by atoms with E-state index in [1.807, 2.05) is 73.1 Å². The third-order valence-electron chi connectivity index (χ3n) is 11.8. The smallest absolute Gasteiger partial charge is 0.0242 e. The van der Waals surface area contributed by atoms with Gasteiger partial charge in [0, 0.05) is 38.1 Å². The number of nitrogens with zero attached hydrogens (tertiary/aromatic N) is 2. The maximum atomic E-state index is 4.55. The molecule has 0 saturated heterocycles. The van der Waals surface area contributed by atoms with Crippen molar-refractivity contribution in [1.82, 2.24) is 9.97 Å². The van der Waals surface area contributed by atoms with Gasteiger partial charge in [0.2, 0.25) is 0 Å². The fraction of sp³-hybridized carbons (Fsp3) is 0.277. The van der Waals surface area contributed by atoms with Gasteiger partial charge in [-0.25, -0.2) is 0 Å². The molecule has 50 heavy (non-hydrogen) atoms. The van der Waals surface area contributed by atoms with E-state index in [0.29, 0.717) is 5.41 Å². The molecule has 0 aliphatic heterocycles. The molecule has 1 radical (unpaired) electrons. The van der Waals surface area contributed by atoms with Crippen LogP contribution >= 0.6 is 0 Å². The first-order chi connectivity index (χ1) is 24.1. The molecule has 3 aliphatic rings. The van der Waals surface area contributed by atoms with Gasteiger partial charge in [-0.05, 0) is 114 Å². The number of aryl methyl sites for hydroxylation is 2. The van der Waals surface area contributed by atoms with Gasteiger partial charge in [0.15, 0.2) is 0 Å². The number of hydrogen-bond donors (Lipinski definition) is 0. The summed E-state index contributed by atoms with van der Waals surface area (Å²) in [5.74, 6) is 2.69. The van der Waals surface area contributed by atoms with Gasteiger partial charge in [-0.2, -0.15) is 0 Å². The van der Waals surface area contributed by atoms with E-state index in [0.717, 1.165) is 40.3 Å². The minimum atomic E-state index is 0. The zero-order valence-corrected chi connectivity index (χ0v) is 31.4. The summed E-state index contributed by atoms with van der Waals surface area (Å²) >= 11 is 0. The molecule has 2 aromatic heterocycles. The van der Waals surface area contributed by atoms with Crippen LogP contribution in [0.5, 0.6) is 0 Å². The zero-order chi connectivity index (χ0) is 33.2. The fourth-order valence-electron chi connectivity index (χ4n) is 9.25. The van der Waals surface area contributed by atoms with Gasteiger partial charge in [-0.3, -0.25) is 0 Å². The second kappa shape index (κ2) is 15.0. The van der Waals surface area contributed by atoms with Crippen molar-refractivity contribution in [3.8, 4) is 44.8 Å². The van der Waals surface area contributed by atoms with Crippen LogP contribution in [0.1, 0.15) is 68.1 Å². The molecule has 0 unspecified atom stereocenters. The number of pyridine rings is 2. The predicted molar refractivity (Wildman–Crippen MR) is 202 cm³/mol. The minimum Gasteiger partial charge on any atom is -0.305 e. The van der Waals surface area contributed by atoms with E-state index in [4.69, 9.17) is 0 Å². The maximum Gasteiger partial charge on any atom is 0.0242 e. The Balaban J connectivity index is 0.000000170. The summed E-state index contributed by atoms with van der Waals surface area (Å²) in [6.07, 6.45) is 13.7. The average Bonchev–Trinajstić information content (AvgIpc) is 3.58. The third kappa shape index (κ3) is 6.91. The fourth-order valence-corrected chi connectivity index (χ4v) is 9.25. The summed E-state index contributed by atoms with van der Waals surface area (Å²) in [6.45, 7) is 4.71. The van der Waals surface area contributed by atoms with Gasteiger partial charge >= 0.3 is 0 Å². The van der Waals surface area contributed by atoms with Gasteiger partial charge in [-0.15, -0.1) is 71.3 Å². The molecule has 0 spiro atoms. The van der Waals surface area contributed by atoms with E-state index < -0.39 is 0 Å². The van der Waals surface area contributed by atoms with E-state index in [9.17, 15) is 0 Å². The molecule has 3 aliphatic carbocycles. The van der Waals surface area contributed by atoms with Gasteiger partial charge in [0.25, 0.3) is 0 Å². The molecule has 2 fully saturated rings. The first kappa shape index (κ1) is 34.3. The molecule has 2 saturated carbocycles. The molecule has 2 nitrogen and oxygen atoms in total. The Bertz CT molecular complexity index is 2040. The molecule has 3 heteroatoms. The van der Waals surface area contributed by atoms with Crippen molar-refractivity contribution >= 4 is 0 Å². The zero-order valence-electron chi connectivity index (χ0n) is 29.0. The molecule has 0 bridgehead atoms. The Morgan fingerprint density at radius 2 is 1.50 bits per heavy atom. The van der Waals surface area contributed by atoms with Crippen LogP contribution in [0.3, 0.4) is 0 Å². The molecule has 253 valence electrons. The Labute approximate surface area is 311 Å². The standard InChI is InChI=1S/C29H30N.C18H14N.Ir/c1-29-15-5-8-27(29)26-13-11-22-18-21(10-12-24(22)25(26)14-16-29)20-6-4-7-23(19-20)28-9-2-3-17-30-28;1-14-12-18(16-10-6-3-7-11-16)19-13-17(14)15-8-4-2-5-9-15;/h2-4,6,9-10,12,17-19,25-27H,5,8,11,13-16H2,1H3;2-10,12-13H,1H3;/q2*-1;/t25-,26-,27+,29+;;/m1../s1. The molecule has 6 aromatic rings.